The Morgan fingerprint density at radius 1 is 1.09 bits per heavy atom. The summed E-state index contributed by atoms with van der Waals surface area (Å²) < 4.78 is 17.5. The average molecular weight is 613 g/mol. The number of benzene rings is 2. The molecule has 10 heteroatoms. The summed E-state index contributed by atoms with van der Waals surface area (Å²) in [6.07, 6.45) is 0.189. The van der Waals surface area contributed by atoms with E-state index >= 15 is 0 Å². The number of hydrogen-bond donors (Lipinski definition) is 1. The minimum Gasteiger partial charge on any atom is -0.507 e. The molecule has 0 aromatic heterocycles. The maximum Gasteiger partial charge on any atom is 0.302 e. The Labute approximate surface area is 220 Å². The lowest BCUT2D eigenvalue weighted by atomic mass is 9.87. The van der Waals surface area contributed by atoms with Gasteiger partial charge in [0.2, 0.25) is 0 Å². The smallest absolute Gasteiger partial charge is 0.302 e. The SMILES string of the molecule is COc1cc(OC)c(C2CCN(C)C2COC(C)=O)c(O)c1C(=O)CC(=O)c1ccc(Br)cc1Br. The van der Waals surface area contributed by atoms with Crippen LogP contribution in [0.2, 0.25) is 0 Å². The molecule has 1 fully saturated rings. The van der Waals surface area contributed by atoms with E-state index in [9.17, 15) is 19.5 Å². The van der Waals surface area contributed by atoms with E-state index in [2.05, 4.69) is 31.9 Å². The first kappa shape index (κ1) is 27.2. The zero-order valence-corrected chi connectivity index (χ0v) is 23.1. The van der Waals surface area contributed by atoms with Gasteiger partial charge in [-0.05, 0) is 38.2 Å². The predicted molar refractivity (Wildman–Crippen MR) is 137 cm³/mol. The molecule has 0 amide bonds. The van der Waals surface area contributed by atoms with Gasteiger partial charge in [0.25, 0.3) is 0 Å². The molecule has 0 radical (unpaired) electrons. The molecule has 1 aliphatic rings. The largest absolute Gasteiger partial charge is 0.507 e. The van der Waals surface area contributed by atoms with Crippen LogP contribution in [-0.4, -0.2) is 68.0 Å². The number of rotatable bonds is 9. The number of carbonyl (C=O) groups is 3. The molecular formula is C25H27Br2NO7. The summed E-state index contributed by atoms with van der Waals surface area (Å²) in [5.41, 5.74) is 0.703. The molecule has 188 valence electrons. The van der Waals surface area contributed by atoms with Crippen molar-refractivity contribution in [3.63, 3.8) is 0 Å². The van der Waals surface area contributed by atoms with Crippen molar-refractivity contribution in [3.05, 3.63) is 49.9 Å². The molecule has 0 aliphatic carbocycles. The van der Waals surface area contributed by atoms with Crippen molar-refractivity contribution >= 4 is 49.4 Å². The molecule has 1 heterocycles. The molecule has 2 atom stereocenters. The fourth-order valence-corrected chi connectivity index (χ4v) is 5.70. The van der Waals surface area contributed by atoms with Crippen molar-refractivity contribution < 1.29 is 33.7 Å². The highest BCUT2D eigenvalue weighted by Crippen LogP contribution is 2.47. The molecular weight excluding hydrogens is 586 g/mol. The molecule has 8 nitrogen and oxygen atoms in total. The summed E-state index contributed by atoms with van der Waals surface area (Å²) in [5.74, 6) is -1.48. The second kappa shape index (κ2) is 11.5. The lowest BCUT2D eigenvalue weighted by Crippen LogP contribution is -2.34. The lowest BCUT2D eigenvalue weighted by molar-refractivity contribution is -0.142. The number of hydrogen-bond acceptors (Lipinski definition) is 8. The first-order valence-electron chi connectivity index (χ1n) is 10.9. The van der Waals surface area contributed by atoms with Crippen LogP contribution < -0.4 is 9.47 Å². The third-order valence-electron chi connectivity index (χ3n) is 6.19. The first-order valence-corrected chi connectivity index (χ1v) is 12.5. The highest BCUT2D eigenvalue weighted by Gasteiger charge is 2.39. The standard InChI is InChI=1S/C25H27Br2NO7/c1-13(29)35-12-18-16(7-8-28(18)2)23-21(33-3)11-22(34-4)24(25(23)32)20(31)10-19(30)15-6-5-14(26)9-17(15)27/h5-6,9,11,16,18,32H,7-8,10,12H2,1-4H3. The number of halogens is 2. The van der Waals surface area contributed by atoms with Crippen molar-refractivity contribution in [3.8, 4) is 17.2 Å². The fraction of sp³-hybridized carbons (Fsp3) is 0.400. The molecule has 3 rings (SSSR count). The number of esters is 1. The van der Waals surface area contributed by atoms with Crippen molar-refractivity contribution in [2.45, 2.75) is 31.7 Å². The second-order valence-corrected chi connectivity index (χ2v) is 10.1. The summed E-state index contributed by atoms with van der Waals surface area (Å²) in [4.78, 5) is 39.7. The third kappa shape index (κ3) is 5.87. The van der Waals surface area contributed by atoms with Gasteiger partial charge in [-0.1, -0.05) is 31.9 Å². The van der Waals surface area contributed by atoms with Gasteiger partial charge in [0.05, 0.1) is 26.7 Å². The number of carbonyl (C=O) groups excluding carboxylic acids is 3. The maximum absolute atomic E-state index is 13.3. The monoisotopic (exact) mass is 611 g/mol. The fourth-order valence-electron chi connectivity index (χ4n) is 4.43. The van der Waals surface area contributed by atoms with Gasteiger partial charge in [-0.3, -0.25) is 19.3 Å². The number of likely N-dealkylation sites (N-methyl/N-ethyl adjacent to an activating group) is 1. The van der Waals surface area contributed by atoms with Gasteiger partial charge in [0, 0.05) is 39.0 Å². The van der Waals surface area contributed by atoms with Gasteiger partial charge < -0.3 is 19.3 Å². The van der Waals surface area contributed by atoms with Crippen LogP contribution in [0.5, 0.6) is 17.2 Å². The zero-order valence-electron chi connectivity index (χ0n) is 19.9. The lowest BCUT2D eigenvalue weighted by Gasteiger charge is -2.27. The van der Waals surface area contributed by atoms with Crippen molar-refractivity contribution in [2.75, 3.05) is 34.4 Å². The molecule has 1 saturated heterocycles. The number of Topliss-reactive ketones (excluding diaryl/α,β-unsaturated/α-hetero) is 2. The second-order valence-electron chi connectivity index (χ2n) is 8.31. The first-order chi connectivity index (χ1) is 16.6. The number of nitrogens with zero attached hydrogens (tertiary/aromatic N) is 1. The molecule has 35 heavy (non-hydrogen) atoms. The summed E-state index contributed by atoms with van der Waals surface area (Å²) in [7, 11) is 4.75. The summed E-state index contributed by atoms with van der Waals surface area (Å²) in [6.45, 7) is 2.17. The molecule has 2 aromatic rings. The van der Waals surface area contributed by atoms with E-state index in [-0.39, 0.29) is 35.6 Å². The van der Waals surface area contributed by atoms with Crippen LogP contribution in [0.3, 0.4) is 0 Å². The predicted octanol–water partition coefficient (Wildman–Crippen LogP) is 4.74. The maximum atomic E-state index is 13.3. The average Bonchev–Trinajstić information content (AvgIpc) is 3.16. The van der Waals surface area contributed by atoms with Gasteiger partial charge in [-0.2, -0.15) is 0 Å². The van der Waals surface area contributed by atoms with Crippen LogP contribution in [0.25, 0.3) is 0 Å². The number of ether oxygens (including phenoxy) is 3. The molecule has 0 saturated carbocycles. The van der Waals surface area contributed by atoms with Gasteiger partial charge in [-0.25, -0.2) is 0 Å². The number of phenolic OH excluding ortho intramolecular Hbond substituents is 1. The quantitative estimate of drug-likeness (QED) is 0.246. The minimum absolute atomic E-state index is 0.0781. The Hall–Kier alpha value is -2.43. The highest BCUT2D eigenvalue weighted by atomic mass is 79.9. The van der Waals surface area contributed by atoms with E-state index in [0.717, 1.165) is 4.47 Å². The van der Waals surface area contributed by atoms with Gasteiger partial charge in [0.1, 0.15) is 29.4 Å². The summed E-state index contributed by atoms with van der Waals surface area (Å²) in [6, 6.07) is 6.38. The molecule has 1 aliphatic heterocycles. The van der Waals surface area contributed by atoms with Crippen LogP contribution in [-0.2, 0) is 9.53 Å². The van der Waals surface area contributed by atoms with Crippen molar-refractivity contribution in [2.24, 2.45) is 0 Å². The molecule has 2 aromatic carbocycles. The van der Waals surface area contributed by atoms with E-state index in [1.165, 1.54) is 21.1 Å². The van der Waals surface area contributed by atoms with Crippen LogP contribution >= 0.6 is 31.9 Å². The Morgan fingerprint density at radius 3 is 2.37 bits per heavy atom. The van der Waals surface area contributed by atoms with Gasteiger partial charge in [-0.15, -0.1) is 0 Å². The highest BCUT2D eigenvalue weighted by molar-refractivity contribution is 9.11. The van der Waals surface area contributed by atoms with Crippen LogP contribution in [0.4, 0.5) is 0 Å². The number of likely N-dealkylation sites (tertiary alicyclic amines) is 1. The van der Waals surface area contributed by atoms with Crippen LogP contribution in [0.15, 0.2) is 33.2 Å². The van der Waals surface area contributed by atoms with Crippen LogP contribution in [0.1, 0.15) is 52.0 Å². The van der Waals surface area contributed by atoms with Gasteiger partial charge >= 0.3 is 5.97 Å². The summed E-state index contributed by atoms with van der Waals surface area (Å²) in [5, 5.41) is 11.4. The molecule has 1 N–H and O–H groups in total. The number of phenols is 1. The zero-order chi connectivity index (χ0) is 25.9. The van der Waals surface area contributed by atoms with E-state index < -0.39 is 24.0 Å². The molecule has 0 bridgehead atoms. The van der Waals surface area contributed by atoms with Crippen molar-refractivity contribution in [1.82, 2.24) is 4.90 Å². The van der Waals surface area contributed by atoms with Gasteiger partial charge in [0.15, 0.2) is 11.6 Å². The number of ketones is 2. The molecule has 0 spiro atoms. The number of aromatic hydroxyl groups is 1. The van der Waals surface area contributed by atoms with E-state index in [0.29, 0.717) is 34.3 Å². The minimum atomic E-state index is -0.578. The molecule has 2 unspecified atom stereocenters. The Morgan fingerprint density at radius 2 is 1.77 bits per heavy atom. The summed E-state index contributed by atoms with van der Waals surface area (Å²) >= 11 is 6.70. The third-order valence-corrected chi connectivity index (χ3v) is 7.34. The Balaban J connectivity index is 2.02. The van der Waals surface area contributed by atoms with Crippen LogP contribution in [0, 0.1) is 0 Å². The Kier molecular flexibility index (Phi) is 8.95. The van der Waals surface area contributed by atoms with E-state index in [1.54, 1.807) is 24.3 Å². The van der Waals surface area contributed by atoms with E-state index in [1.807, 2.05) is 11.9 Å². The van der Waals surface area contributed by atoms with Crippen molar-refractivity contribution in [1.29, 1.82) is 0 Å². The topological polar surface area (TPSA) is 102 Å². The van der Waals surface area contributed by atoms with E-state index in [4.69, 9.17) is 14.2 Å². The normalized spacial score (nSPS) is 17.8. The number of methoxy groups -OCH3 is 2. The Bertz CT molecular complexity index is 1150.